The maximum atomic E-state index is 5.78. The zero-order chi connectivity index (χ0) is 15.9. The van der Waals surface area contributed by atoms with Gasteiger partial charge in [-0.3, -0.25) is 0 Å². The Labute approximate surface area is 130 Å². The van der Waals surface area contributed by atoms with Gasteiger partial charge in [0.15, 0.2) is 23.0 Å². The van der Waals surface area contributed by atoms with Crippen molar-refractivity contribution in [3.8, 4) is 28.7 Å². The fourth-order valence-corrected chi connectivity index (χ4v) is 2.04. The molecule has 5 nitrogen and oxygen atoms in total. The van der Waals surface area contributed by atoms with E-state index in [9.17, 15) is 0 Å². The standard InChI is InChI=1S/C17H20O5/c1-18-14-7-5-12(9-16(14)20-3)11-22-13-6-8-15(19-2)17(10-13)21-4/h5-10H,11H2,1-4H3. The molecule has 0 unspecified atom stereocenters. The largest absolute Gasteiger partial charge is 0.493 e. The lowest BCUT2D eigenvalue weighted by molar-refractivity contribution is 0.298. The van der Waals surface area contributed by atoms with Crippen molar-refractivity contribution in [2.24, 2.45) is 0 Å². The molecule has 0 amide bonds. The van der Waals surface area contributed by atoms with Crippen molar-refractivity contribution in [1.82, 2.24) is 0 Å². The number of methoxy groups -OCH3 is 4. The van der Waals surface area contributed by atoms with Gasteiger partial charge in [0.05, 0.1) is 28.4 Å². The smallest absolute Gasteiger partial charge is 0.164 e. The summed E-state index contributed by atoms with van der Waals surface area (Å²) in [5.41, 5.74) is 0.979. The third kappa shape index (κ3) is 3.55. The molecule has 2 aromatic carbocycles. The normalized spacial score (nSPS) is 10.0. The van der Waals surface area contributed by atoms with Crippen molar-refractivity contribution in [3.63, 3.8) is 0 Å². The van der Waals surface area contributed by atoms with Crippen LogP contribution in [0.1, 0.15) is 5.56 Å². The molecule has 0 radical (unpaired) electrons. The van der Waals surface area contributed by atoms with Gasteiger partial charge in [-0.25, -0.2) is 0 Å². The van der Waals surface area contributed by atoms with Crippen LogP contribution in [-0.2, 0) is 6.61 Å². The minimum absolute atomic E-state index is 0.413. The van der Waals surface area contributed by atoms with Crippen molar-refractivity contribution in [2.45, 2.75) is 6.61 Å². The second-order valence-electron chi connectivity index (χ2n) is 4.49. The summed E-state index contributed by atoms with van der Waals surface area (Å²) < 4.78 is 26.7. The van der Waals surface area contributed by atoms with Crippen LogP contribution in [0.4, 0.5) is 0 Å². The lowest BCUT2D eigenvalue weighted by Crippen LogP contribution is -1.98. The van der Waals surface area contributed by atoms with Crippen LogP contribution in [-0.4, -0.2) is 28.4 Å². The zero-order valence-electron chi connectivity index (χ0n) is 13.2. The molecule has 118 valence electrons. The molecule has 0 saturated heterocycles. The molecule has 0 atom stereocenters. The molecule has 0 N–H and O–H groups in total. The first-order valence-corrected chi connectivity index (χ1v) is 6.77. The van der Waals surface area contributed by atoms with E-state index in [4.69, 9.17) is 23.7 Å². The van der Waals surface area contributed by atoms with Crippen molar-refractivity contribution >= 4 is 0 Å². The molecule has 0 saturated carbocycles. The van der Waals surface area contributed by atoms with Crippen molar-refractivity contribution in [1.29, 1.82) is 0 Å². The van der Waals surface area contributed by atoms with E-state index < -0.39 is 0 Å². The van der Waals surface area contributed by atoms with E-state index in [0.29, 0.717) is 35.4 Å². The average molecular weight is 304 g/mol. The van der Waals surface area contributed by atoms with E-state index in [1.807, 2.05) is 30.3 Å². The minimum Gasteiger partial charge on any atom is -0.493 e. The monoisotopic (exact) mass is 304 g/mol. The fraction of sp³-hybridized carbons (Fsp3) is 0.294. The number of hydrogen-bond donors (Lipinski definition) is 0. The second-order valence-corrected chi connectivity index (χ2v) is 4.49. The summed E-state index contributed by atoms with van der Waals surface area (Å²) in [6.45, 7) is 0.413. The highest BCUT2D eigenvalue weighted by Gasteiger charge is 2.07. The Morgan fingerprint density at radius 3 is 1.77 bits per heavy atom. The van der Waals surface area contributed by atoms with Crippen LogP contribution >= 0.6 is 0 Å². The summed E-state index contributed by atoms with van der Waals surface area (Å²) in [5.74, 6) is 3.37. The Morgan fingerprint density at radius 1 is 0.636 bits per heavy atom. The minimum atomic E-state index is 0.413. The van der Waals surface area contributed by atoms with Gasteiger partial charge in [-0.05, 0) is 29.8 Å². The van der Waals surface area contributed by atoms with Crippen LogP contribution in [0.3, 0.4) is 0 Å². The van der Waals surface area contributed by atoms with Crippen LogP contribution in [0.25, 0.3) is 0 Å². The van der Waals surface area contributed by atoms with Crippen molar-refractivity contribution < 1.29 is 23.7 Å². The van der Waals surface area contributed by atoms with Gasteiger partial charge in [0.25, 0.3) is 0 Å². The topological polar surface area (TPSA) is 46.2 Å². The van der Waals surface area contributed by atoms with E-state index in [2.05, 4.69) is 0 Å². The molecule has 5 heteroatoms. The molecule has 2 aromatic rings. The molecule has 0 bridgehead atoms. The first-order chi connectivity index (χ1) is 10.7. The lowest BCUT2D eigenvalue weighted by Gasteiger charge is -2.12. The summed E-state index contributed by atoms with van der Waals surface area (Å²) in [7, 11) is 6.41. The SMILES string of the molecule is COc1ccc(COc2ccc(OC)c(OC)c2)cc1OC. The fourth-order valence-electron chi connectivity index (χ4n) is 2.04. The molecule has 0 aliphatic rings. The lowest BCUT2D eigenvalue weighted by atomic mass is 10.2. The second kappa shape index (κ2) is 7.45. The van der Waals surface area contributed by atoms with Gasteiger partial charge in [-0.2, -0.15) is 0 Å². The molecule has 0 aromatic heterocycles. The molecular weight excluding hydrogens is 284 g/mol. The molecule has 2 rings (SSSR count). The highest BCUT2D eigenvalue weighted by Crippen LogP contribution is 2.32. The Bertz CT molecular complexity index is 569. The summed E-state index contributed by atoms with van der Waals surface area (Å²) in [5, 5.41) is 0. The summed E-state index contributed by atoms with van der Waals surface area (Å²) in [4.78, 5) is 0. The Balaban J connectivity index is 2.09. The van der Waals surface area contributed by atoms with E-state index >= 15 is 0 Å². The van der Waals surface area contributed by atoms with Gasteiger partial charge < -0.3 is 23.7 Å². The molecular formula is C17H20O5. The Hall–Kier alpha value is -2.56. The molecule has 0 fully saturated rings. The van der Waals surface area contributed by atoms with Crippen molar-refractivity contribution in [3.05, 3.63) is 42.0 Å². The van der Waals surface area contributed by atoms with Gasteiger partial charge in [-0.1, -0.05) is 6.07 Å². The Kier molecular flexibility index (Phi) is 5.36. The predicted molar refractivity (Wildman–Crippen MR) is 83.4 cm³/mol. The highest BCUT2D eigenvalue weighted by atomic mass is 16.5. The molecule has 0 aliphatic carbocycles. The predicted octanol–water partition coefficient (Wildman–Crippen LogP) is 3.30. The van der Waals surface area contributed by atoms with Crippen LogP contribution in [0.5, 0.6) is 28.7 Å². The van der Waals surface area contributed by atoms with Crippen LogP contribution in [0.2, 0.25) is 0 Å². The van der Waals surface area contributed by atoms with E-state index in [1.54, 1.807) is 34.5 Å². The molecule has 22 heavy (non-hydrogen) atoms. The third-order valence-corrected chi connectivity index (χ3v) is 3.21. The van der Waals surface area contributed by atoms with Gasteiger partial charge in [0.1, 0.15) is 12.4 Å². The maximum absolute atomic E-state index is 5.78. The first kappa shape index (κ1) is 15.8. The van der Waals surface area contributed by atoms with Gasteiger partial charge >= 0.3 is 0 Å². The maximum Gasteiger partial charge on any atom is 0.164 e. The van der Waals surface area contributed by atoms with Crippen molar-refractivity contribution in [2.75, 3.05) is 28.4 Å². The molecule has 0 aliphatic heterocycles. The number of rotatable bonds is 7. The molecule has 0 heterocycles. The number of ether oxygens (including phenoxy) is 5. The summed E-state index contributed by atoms with van der Waals surface area (Å²) in [6.07, 6.45) is 0. The highest BCUT2D eigenvalue weighted by molar-refractivity contribution is 5.46. The zero-order valence-corrected chi connectivity index (χ0v) is 13.2. The van der Waals surface area contributed by atoms with Gasteiger partial charge in [0, 0.05) is 6.07 Å². The average Bonchev–Trinajstić information content (AvgIpc) is 2.59. The first-order valence-electron chi connectivity index (χ1n) is 6.77. The van der Waals surface area contributed by atoms with Gasteiger partial charge in [-0.15, -0.1) is 0 Å². The van der Waals surface area contributed by atoms with E-state index in [-0.39, 0.29) is 0 Å². The quantitative estimate of drug-likeness (QED) is 0.785. The van der Waals surface area contributed by atoms with Gasteiger partial charge in [0.2, 0.25) is 0 Å². The third-order valence-electron chi connectivity index (χ3n) is 3.21. The van der Waals surface area contributed by atoms with Crippen LogP contribution in [0, 0.1) is 0 Å². The van der Waals surface area contributed by atoms with E-state index in [0.717, 1.165) is 5.56 Å². The van der Waals surface area contributed by atoms with Crippen LogP contribution < -0.4 is 23.7 Å². The number of benzene rings is 2. The van der Waals surface area contributed by atoms with E-state index in [1.165, 1.54) is 0 Å². The van der Waals surface area contributed by atoms with Crippen LogP contribution in [0.15, 0.2) is 36.4 Å². The summed E-state index contributed by atoms with van der Waals surface area (Å²) in [6, 6.07) is 11.1. The molecule has 0 spiro atoms. The summed E-state index contributed by atoms with van der Waals surface area (Å²) >= 11 is 0. The number of hydrogen-bond acceptors (Lipinski definition) is 5. The Morgan fingerprint density at radius 2 is 1.18 bits per heavy atom.